The number of hydrogen-bond donors (Lipinski definition) is 0. The summed E-state index contributed by atoms with van der Waals surface area (Å²) in [4.78, 5) is 15.8. The monoisotopic (exact) mass is 414 g/mol. The van der Waals surface area contributed by atoms with Gasteiger partial charge in [0.15, 0.2) is 5.78 Å². The van der Waals surface area contributed by atoms with Crippen LogP contribution in [0.2, 0.25) is 0 Å². The molecule has 0 bridgehead atoms. The molecule has 5 rings (SSSR count). The molecule has 1 saturated heterocycles. The first kappa shape index (κ1) is 20.0. The molecule has 5 nitrogen and oxygen atoms in total. The zero-order valence-electron chi connectivity index (χ0n) is 18.0. The fraction of sp³-hybridized carbons (Fsp3) is 0.385. The quantitative estimate of drug-likeness (QED) is 0.762. The van der Waals surface area contributed by atoms with Crippen LogP contribution >= 0.6 is 0 Å². The summed E-state index contributed by atoms with van der Waals surface area (Å²) in [7, 11) is 0. The summed E-state index contributed by atoms with van der Waals surface area (Å²) in [5.74, 6) is 0.881. The third-order valence-electron chi connectivity index (χ3n) is 6.84. The summed E-state index contributed by atoms with van der Waals surface area (Å²) in [6, 6.07) is 13.7. The lowest BCUT2D eigenvalue weighted by molar-refractivity contribution is 0.0322. The number of nitrogens with zero attached hydrogens (tertiary/aromatic N) is 2. The molecule has 0 aromatic heterocycles. The molecule has 0 N–H and O–H groups in total. The number of hydrogen-bond acceptors (Lipinski definition) is 5. The number of benzene rings is 2. The lowest BCUT2D eigenvalue weighted by Gasteiger charge is -2.34. The van der Waals surface area contributed by atoms with E-state index in [0.29, 0.717) is 18.6 Å². The molecule has 31 heavy (non-hydrogen) atoms. The fourth-order valence-electron chi connectivity index (χ4n) is 5.03. The van der Waals surface area contributed by atoms with Crippen molar-refractivity contribution >= 4 is 11.4 Å². The summed E-state index contributed by atoms with van der Waals surface area (Å²) >= 11 is 0. The van der Waals surface area contributed by atoms with Gasteiger partial charge < -0.3 is 9.47 Å². The van der Waals surface area contributed by atoms with E-state index in [1.807, 2.05) is 30.3 Å². The van der Waals surface area contributed by atoms with E-state index in [1.165, 1.54) is 0 Å². The van der Waals surface area contributed by atoms with Crippen molar-refractivity contribution in [3.8, 4) is 11.8 Å². The summed E-state index contributed by atoms with van der Waals surface area (Å²) in [5, 5.41) is 9.26. The molecular weight excluding hydrogens is 388 g/mol. The molecule has 3 aliphatic rings. The van der Waals surface area contributed by atoms with Crippen LogP contribution in [0, 0.1) is 11.3 Å². The molecule has 2 aromatic carbocycles. The van der Waals surface area contributed by atoms with E-state index in [2.05, 4.69) is 24.8 Å². The third kappa shape index (κ3) is 3.37. The fourth-order valence-corrected chi connectivity index (χ4v) is 5.03. The van der Waals surface area contributed by atoms with Gasteiger partial charge in [-0.15, -0.1) is 0 Å². The summed E-state index contributed by atoms with van der Waals surface area (Å²) in [6.07, 6.45) is 0.709. The molecule has 0 unspecified atom stereocenters. The van der Waals surface area contributed by atoms with Gasteiger partial charge in [0, 0.05) is 36.2 Å². The molecule has 158 valence electrons. The van der Waals surface area contributed by atoms with E-state index >= 15 is 0 Å². The molecule has 0 radical (unpaired) electrons. The summed E-state index contributed by atoms with van der Waals surface area (Å²) in [5.41, 5.74) is 6.13. The second kappa shape index (κ2) is 7.64. The molecule has 2 aliphatic carbocycles. The van der Waals surface area contributed by atoms with Crippen LogP contribution in [0.25, 0.3) is 5.57 Å². The van der Waals surface area contributed by atoms with Crippen LogP contribution in [0.5, 0.6) is 5.75 Å². The molecule has 0 spiro atoms. The van der Waals surface area contributed by atoms with Crippen molar-refractivity contribution in [1.82, 2.24) is 4.90 Å². The van der Waals surface area contributed by atoms with Crippen molar-refractivity contribution in [2.24, 2.45) is 0 Å². The highest BCUT2D eigenvalue weighted by Crippen LogP contribution is 2.50. The Kier molecular flexibility index (Phi) is 4.92. The van der Waals surface area contributed by atoms with Gasteiger partial charge in [-0.1, -0.05) is 19.9 Å². The number of ketones is 1. The Bertz CT molecular complexity index is 1130. The van der Waals surface area contributed by atoms with Crippen molar-refractivity contribution in [2.75, 3.05) is 39.5 Å². The number of carbonyl (C=O) groups is 1. The Balaban J connectivity index is 1.41. The lowest BCUT2D eigenvalue weighted by atomic mass is 9.68. The zero-order valence-corrected chi connectivity index (χ0v) is 18.0. The molecule has 5 heteroatoms. The average molecular weight is 415 g/mol. The average Bonchev–Trinajstić information content (AvgIpc) is 3.18. The number of ether oxygens (including phenoxy) is 2. The second-order valence-electron chi connectivity index (χ2n) is 8.98. The third-order valence-corrected chi connectivity index (χ3v) is 6.84. The predicted molar refractivity (Wildman–Crippen MR) is 118 cm³/mol. The van der Waals surface area contributed by atoms with Gasteiger partial charge in [-0.3, -0.25) is 9.69 Å². The highest BCUT2D eigenvalue weighted by molar-refractivity contribution is 6.33. The maximum absolute atomic E-state index is 13.5. The largest absolute Gasteiger partial charge is 0.492 e. The molecule has 0 atom stereocenters. The number of carbonyl (C=O) groups excluding carboxylic acids is 1. The van der Waals surface area contributed by atoms with Crippen LogP contribution in [0.4, 0.5) is 0 Å². The number of fused-ring (bicyclic) bond motifs is 3. The first-order chi connectivity index (χ1) is 15.0. The van der Waals surface area contributed by atoms with Crippen LogP contribution < -0.4 is 4.74 Å². The molecule has 1 aliphatic heterocycles. The number of Topliss-reactive ketones (excluding diaryl/α,β-unsaturated/α-hetero) is 1. The van der Waals surface area contributed by atoms with Gasteiger partial charge in [-0.25, -0.2) is 0 Å². The summed E-state index contributed by atoms with van der Waals surface area (Å²) in [6.45, 7) is 9.30. The van der Waals surface area contributed by atoms with Crippen molar-refractivity contribution < 1.29 is 14.3 Å². The Morgan fingerprint density at radius 1 is 1.13 bits per heavy atom. The number of rotatable bonds is 4. The van der Waals surface area contributed by atoms with Gasteiger partial charge in [0.25, 0.3) is 0 Å². The maximum atomic E-state index is 13.5. The van der Waals surface area contributed by atoms with Gasteiger partial charge >= 0.3 is 0 Å². The summed E-state index contributed by atoms with van der Waals surface area (Å²) < 4.78 is 11.5. The van der Waals surface area contributed by atoms with Gasteiger partial charge in [0.05, 0.1) is 24.8 Å². The Hall–Kier alpha value is -2.94. The molecule has 1 fully saturated rings. The van der Waals surface area contributed by atoms with Crippen molar-refractivity contribution in [3.63, 3.8) is 0 Å². The SMILES string of the molecule is CC1(C)C2=C(C(=O)c3ccc(OCCN4CCOCC4)cc31)c1ccc(C#N)cc1C2. The first-order valence-corrected chi connectivity index (χ1v) is 10.9. The second-order valence-corrected chi connectivity index (χ2v) is 8.98. The zero-order chi connectivity index (χ0) is 21.6. The van der Waals surface area contributed by atoms with Gasteiger partial charge in [-0.2, -0.15) is 5.26 Å². The van der Waals surface area contributed by atoms with E-state index in [9.17, 15) is 10.1 Å². The Labute approximate surface area is 182 Å². The van der Waals surface area contributed by atoms with E-state index in [4.69, 9.17) is 9.47 Å². The highest BCUT2D eigenvalue weighted by Gasteiger charge is 2.42. The van der Waals surface area contributed by atoms with Gasteiger partial charge in [-0.05, 0) is 59.0 Å². The maximum Gasteiger partial charge on any atom is 0.193 e. The van der Waals surface area contributed by atoms with Crippen LogP contribution in [-0.2, 0) is 16.6 Å². The van der Waals surface area contributed by atoms with Crippen molar-refractivity contribution in [2.45, 2.75) is 25.7 Å². The van der Waals surface area contributed by atoms with E-state index in [0.717, 1.165) is 72.0 Å². The molecule has 0 saturated carbocycles. The highest BCUT2D eigenvalue weighted by atomic mass is 16.5. The standard InChI is InChI=1S/C26H26N2O3/c1-26(2)22-15-19(31-12-9-28-7-10-30-11-8-28)4-6-21(22)25(29)24-20-5-3-17(16-27)13-18(20)14-23(24)26/h3-6,13,15H,7-12,14H2,1-2H3. The van der Waals surface area contributed by atoms with E-state index < -0.39 is 0 Å². The molecule has 0 amide bonds. The molecular formula is C26H26N2O3. The normalized spacial score (nSPS) is 19.5. The van der Waals surface area contributed by atoms with Gasteiger partial charge in [0.1, 0.15) is 12.4 Å². The lowest BCUT2D eigenvalue weighted by Crippen LogP contribution is -2.38. The van der Waals surface area contributed by atoms with Crippen LogP contribution in [-0.4, -0.2) is 50.1 Å². The smallest absolute Gasteiger partial charge is 0.193 e. The number of allylic oxidation sites excluding steroid dienone is 2. The van der Waals surface area contributed by atoms with Gasteiger partial charge in [0.2, 0.25) is 0 Å². The minimum Gasteiger partial charge on any atom is -0.492 e. The topological polar surface area (TPSA) is 62.6 Å². The predicted octanol–water partition coefficient (Wildman–Crippen LogP) is 3.75. The van der Waals surface area contributed by atoms with Crippen molar-refractivity contribution in [1.29, 1.82) is 5.26 Å². The van der Waals surface area contributed by atoms with E-state index in [1.54, 1.807) is 6.07 Å². The number of nitriles is 1. The van der Waals surface area contributed by atoms with Crippen LogP contribution in [0.3, 0.4) is 0 Å². The Morgan fingerprint density at radius 2 is 1.90 bits per heavy atom. The van der Waals surface area contributed by atoms with Crippen LogP contribution in [0.15, 0.2) is 42.0 Å². The molecule has 1 heterocycles. The van der Waals surface area contributed by atoms with E-state index in [-0.39, 0.29) is 11.2 Å². The molecule has 2 aromatic rings. The first-order valence-electron chi connectivity index (χ1n) is 10.9. The van der Waals surface area contributed by atoms with Crippen LogP contribution in [0.1, 0.15) is 46.5 Å². The minimum absolute atomic E-state index is 0.0765. The Morgan fingerprint density at radius 3 is 2.68 bits per heavy atom. The minimum atomic E-state index is -0.284. The van der Waals surface area contributed by atoms with Crippen molar-refractivity contribution in [3.05, 3.63) is 69.8 Å². The number of morpholine rings is 1.